The molecule has 0 spiro atoms. The smallest absolute Gasteiger partial charge is 0.325 e. The maximum atomic E-state index is 11.0. The normalized spacial score (nSPS) is 12.2. The summed E-state index contributed by atoms with van der Waals surface area (Å²) in [5.41, 5.74) is 3.82. The fourth-order valence-electron chi connectivity index (χ4n) is 2.03. The lowest BCUT2D eigenvalue weighted by Gasteiger charge is -2.20. The predicted molar refractivity (Wildman–Crippen MR) is 91.8 cm³/mol. The van der Waals surface area contributed by atoms with Crippen molar-refractivity contribution >= 4 is 31.5 Å². The Morgan fingerprint density at radius 2 is 2.00 bits per heavy atom. The molecular formula is C15H22ClN3O2Si. The predicted octanol–water partition coefficient (Wildman–Crippen LogP) is 3.41. The topological polar surface area (TPSA) is 75.1 Å². The molecule has 1 rings (SSSR count). The van der Waals surface area contributed by atoms with Crippen molar-refractivity contribution in [3.63, 3.8) is 0 Å². The molecule has 0 fully saturated rings. The Bertz CT molecular complexity index is 586. The summed E-state index contributed by atoms with van der Waals surface area (Å²) in [5, 5.41) is 12.0. The molecule has 0 radical (unpaired) electrons. The van der Waals surface area contributed by atoms with Crippen LogP contribution in [0.5, 0.6) is 0 Å². The Morgan fingerprint density at radius 1 is 1.41 bits per heavy atom. The summed E-state index contributed by atoms with van der Waals surface area (Å²) < 4.78 is 0. The average molecular weight is 340 g/mol. The zero-order valence-corrected chi connectivity index (χ0v) is 15.2. The van der Waals surface area contributed by atoms with Crippen molar-refractivity contribution in [2.24, 2.45) is 0 Å². The molecule has 0 saturated heterocycles. The first kappa shape index (κ1) is 18.5. The highest BCUT2D eigenvalue weighted by Gasteiger charge is 2.24. The summed E-state index contributed by atoms with van der Waals surface area (Å²) >= 11 is 5.89. The number of nitrogens with zero attached hydrogens (tertiary/aromatic N) is 2. The van der Waals surface area contributed by atoms with E-state index in [9.17, 15) is 4.79 Å². The molecule has 0 aliphatic carbocycles. The van der Waals surface area contributed by atoms with E-state index < -0.39 is 20.1 Å². The van der Waals surface area contributed by atoms with E-state index in [0.717, 1.165) is 18.1 Å². The molecule has 1 atom stereocenters. The van der Waals surface area contributed by atoms with Crippen molar-refractivity contribution in [2.75, 3.05) is 5.32 Å². The molecule has 2 N–H and O–H groups in total. The third-order valence-corrected chi connectivity index (χ3v) is 8.84. The van der Waals surface area contributed by atoms with Gasteiger partial charge in [0.1, 0.15) is 19.3 Å². The molecule has 0 bridgehead atoms. The molecule has 5 nitrogen and oxygen atoms in total. The lowest BCUT2D eigenvalue weighted by atomic mass is 10.3. The number of carboxylic acid groups (broad SMARTS) is 1. The molecule has 0 unspecified atom stereocenters. The standard InChI is InChI=1S/C15H22ClN3O2Si/c1-5-22(6-2,7-3)9-8-12-14(17-10-13(16)19-12)18-11(4)15(20)21/h10-11H,5-7H2,1-4H3,(H,17,18)(H,20,21)/t11-/m0/s1. The summed E-state index contributed by atoms with van der Waals surface area (Å²) in [6, 6.07) is 2.46. The first-order valence-electron chi connectivity index (χ1n) is 7.42. The van der Waals surface area contributed by atoms with E-state index in [1.165, 1.54) is 6.20 Å². The van der Waals surface area contributed by atoms with Gasteiger partial charge in [-0.1, -0.05) is 38.3 Å². The molecule has 22 heavy (non-hydrogen) atoms. The van der Waals surface area contributed by atoms with Gasteiger partial charge in [0.2, 0.25) is 0 Å². The van der Waals surface area contributed by atoms with Gasteiger partial charge in [-0.3, -0.25) is 4.79 Å². The zero-order chi connectivity index (χ0) is 16.8. The van der Waals surface area contributed by atoms with Crippen molar-refractivity contribution in [3.05, 3.63) is 17.0 Å². The van der Waals surface area contributed by atoms with E-state index in [0.29, 0.717) is 11.5 Å². The van der Waals surface area contributed by atoms with Crippen molar-refractivity contribution in [3.8, 4) is 11.5 Å². The van der Waals surface area contributed by atoms with Crippen LogP contribution < -0.4 is 5.32 Å². The lowest BCUT2D eigenvalue weighted by molar-refractivity contribution is -0.137. The van der Waals surface area contributed by atoms with Gasteiger partial charge in [-0.25, -0.2) is 9.97 Å². The van der Waals surface area contributed by atoms with E-state index >= 15 is 0 Å². The Hall–Kier alpha value is -1.58. The minimum atomic E-state index is -1.62. The van der Waals surface area contributed by atoms with Crippen molar-refractivity contribution in [1.29, 1.82) is 0 Å². The summed E-state index contributed by atoms with van der Waals surface area (Å²) in [4.78, 5) is 19.3. The fraction of sp³-hybridized carbons (Fsp3) is 0.533. The largest absolute Gasteiger partial charge is 0.480 e. The van der Waals surface area contributed by atoms with Crippen LogP contribution >= 0.6 is 11.6 Å². The number of halogens is 1. The monoisotopic (exact) mass is 339 g/mol. The van der Waals surface area contributed by atoms with Crippen LogP contribution in [0.25, 0.3) is 0 Å². The van der Waals surface area contributed by atoms with Crippen LogP contribution in [0.15, 0.2) is 6.20 Å². The molecular weight excluding hydrogens is 318 g/mol. The second-order valence-corrected chi connectivity index (χ2v) is 10.5. The van der Waals surface area contributed by atoms with Crippen LogP contribution in [0.1, 0.15) is 33.4 Å². The van der Waals surface area contributed by atoms with Gasteiger partial charge in [0.25, 0.3) is 0 Å². The third kappa shape index (κ3) is 4.72. The van der Waals surface area contributed by atoms with E-state index in [1.807, 2.05) is 0 Å². The fourth-order valence-corrected chi connectivity index (χ4v) is 4.58. The molecule has 1 aromatic heterocycles. The molecule has 7 heteroatoms. The van der Waals surface area contributed by atoms with Gasteiger partial charge in [-0.05, 0) is 25.1 Å². The van der Waals surface area contributed by atoms with E-state index in [4.69, 9.17) is 16.7 Å². The Balaban J connectivity index is 3.19. The molecule has 0 aliphatic heterocycles. The average Bonchev–Trinajstić information content (AvgIpc) is 2.51. The highest BCUT2D eigenvalue weighted by molar-refractivity contribution is 6.87. The number of hydrogen-bond acceptors (Lipinski definition) is 4. The summed E-state index contributed by atoms with van der Waals surface area (Å²) in [7, 11) is -1.62. The second kappa shape index (κ2) is 8.16. The Kier molecular flexibility index (Phi) is 6.85. The second-order valence-electron chi connectivity index (χ2n) is 5.19. The van der Waals surface area contributed by atoms with Crippen LogP contribution in [0, 0.1) is 11.5 Å². The number of aliphatic carboxylic acids is 1. The van der Waals surface area contributed by atoms with Crippen LogP contribution in [-0.4, -0.2) is 35.2 Å². The van der Waals surface area contributed by atoms with Crippen LogP contribution in [0.4, 0.5) is 5.82 Å². The SMILES string of the molecule is CC[Si](C#Cc1nc(Cl)cnc1N[C@@H](C)C(=O)O)(CC)CC. The van der Waals surface area contributed by atoms with E-state index in [1.54, 1.807) is 6.92 Å². The highest BCUT2D eigenvalue weighted by atomic mass is 35.5. The maximum absolute atomic E-state index is 11.0. The zero-order valence-electron chi connectivity index (χ0n) is 13.4. The first-order chi connectivity index (χ1) is 10.4. The summed E-state index contributed by atoms with van der Waals surface area (Å²) in [6.45, 7) is 8.05. The number of rotatable bonds is 6. The van der Waals surface area contributed by atoms with Gasteiger partial charge in [0.05, 0.1) is 6.20 Å². The highest BCUT2D eigenvalue weighted by Crippen LogP contribution is 2.20. The van der Waals surface area contributed by atoms with Crippen LogP contribution in [0.2, 0.25) is 23.3 Å². The van der Waals surface area contributed by atoms with Gasteiger partial charge >= 0.3 is 5.97 Å². The maximum Gasteiger partial charge on any atom is 0.325 e. The summed E-state index contributed by atoms with van der Waals surface area (Å²) in [5.74, 6) is 2.49. The Labute approximate surface area is 137 Å². The molecule has 0 aliphatic rings. The molecule has 120 valence electrons. The number of carboxylic acids is 1. The van der Waals surface area contributed by atoms with Crippen LogP contribution in [-0.2, 0) is 4.79 Å². The van der Waals surface area contributed by atoms with Crippen molar-refractivity contribution in [1.82, 2.24) is 9.97 Å². The minimum absolute atomic E-state index is 0.245. The van der Waals surface area contributed by atoms with Gasteiger partial charge in [-0.2, -0.15) is 0 Å². The Morgan fingerprint density at radius 3 is 2.50 bits per heavy atom. The van der Waals surface area contributed by atoms with E-state index in [-0.39, 0.29) is 5.15 Å². The van der Waals surface area contributed by atoms with Gasteiger partial charge in [0, 0.05) is 0 Å². The first-order valence-corrected chi connectivity index (χ1v) is 10.4. The molecule has 1 heterocycles. The lowest BCUT2D eigenvalue weighted by Crippen LogP contribution is -2.29. The van der Waals surface area contributed by atoms with Gasteiger partial charge in [-0.15, -0.1) is 5.54 Å². The quantitative estimate of drug-likeness (QED) is 0.613. The molecule has 0 aromatic carbocycles. The molecule has 1 aromatic rings. The third-order valence-electron chi connectivity index (χ3n) is 3.94. The van der Waals surface area contributed by atoms with Crippen LogP contribution in [0.3, 0.4) is 0 Å². The number of nitrogens with one attached hydrogen (secondary N) is 1. The summed E-state index contributed by atoms with van der Waals surface area (Å²) in [6.07, 6.45) is 1.38. The number of aromatic nitrogens is 2. The number of anilines is 1. The minimum Gasteiger partial charge on any atom is -0.480 e. The number of carbonyl (C=O) groups is 1. The van der Waals surface area contributed by atoms with Crippen molar-refractivity contribution in [2.45, 2.75) is 51.9 Å². The van der Waals surface area contributed by atoms with Gasteiger partial charge in [0.15, 0.2) is 11.5 Å². The van der Waals surface area contributed by atoms with Gasteiger partial charge < -0.3 is 10.4 Å². The van der Waals surface area contributed by atoms with E-state index in [2.05, 4.69) is 47.5 Å². The molecule has 0 amide bonds. The van der Waals surface area contributed by atoms with Crippen molar-refractivity contribution < 1.29 is 9.90 Å². The molecule has 0 saturated carbocycles. The number of hydrogen-bond donors (Lipinski definition) is 2.